The number of Topliss-reactive ketones (excluding diaryl/α,β-unsaturated/α-hetero) is 1. The summed E-state index contributed by atoms with van der Waals surface area (Å²) < 4.78 is 9.88. The van der Waals surface area contributed by atoms with Gasteiger partial charge in [-0.15, -0.1) is 0 Å². The van der Waals surface area contributed by atoms with Crippen molar-refractivity contribution in [2.24, 2.45) is 4.99 Å². The summed E-state index contributed by atoms with van der Waals surface area (Å²) in [5.41, 5.74) is 0.812. The summed E-state index contributed by atoms with van der Waals surface area (Å²) in [6.45, 7) is 3.80. The topological polar surface area (TPSA) is 47.9 Å². The summed E-state index contributed by atoms with van der Waals surface area (Å²) in [6.07, 6.45) is 0.0852. The first-order valence-corrected chi connectivity index (χ1v) is 4.15. The van der Waals surface area contributed by atoms with Crippen LogP contribution in [0.4, 0.5) is 0 Å². The lowest BCUT2D eigenvalue weighted by atomic mass is 10.2. The van der Waals surface area contributed by atoms with Crippen LogP contribution in [0.15, 0.2) is 4.99 Å². The highest BCUT2D eigenvalue weighted by Gasteiger charge is 2.03. The summed E-state index contributed by atoms with van der Waals surface area (Å²) in [5, 5.41) is 0. The predicted octanol–water partition coefficient (Wildman–Crippen LogP) is 1.05. The number of methoxy groups -OCH3 is 2. The van der Waals surface area contributed by atoms with Crippen LogP contribution in [0.2, 0.25) is 0 Å². The van der Waals surface area contributed by atoms with Crippen molar-refractivity contribution in [3.63, 3.8) is 0 Å². The number of hydrogen-bond acceptors (Lipinski definition) is 4. The van der Waals surface area contributed by atoms with Gasteiger partial charge in [0.1, 0.15) is 5.78 Å². The first-order valence-electron chi connectivity index (χ1n) is 4.15. The van der Waals surface area contributed by atoms with E-state index in [-0.39, 0.29) is 12.1 Å². The van der Waals surface area contributed by atoms with E-state index in [1.807, 2.05) is 6.92 Å². The molecule has 0 saturated heterocycles. The van der Waals surface area contributed by atoms with Crippen molar-refractivity contribution in [1.82, 2.24) is 0 Å². The number of carbonyl (C=O) groups is 1. The van der Waals surface area contributed by atoms with Gasteiger partial charge in [-0.05, 0) is 13.8 Å². The van der Waals surface area contributed by atoms with E-state index in [1.54, 1.807) is 21.1 Å². The second-order valence-corrected chi connectivity index (χ2v) is 2.86. The van der Waals surface area contributed by atoms with Crippen molar-refractivity contribution >= 4 is 11.5 Å². The fourth-order valence-corrected chi connectivity index (χ4v) is 0.892. The van der Waals surface area contributed by atoms with Gasteiger partial charge < -0.3 is 9.47 Å². The summed E-state index contributed by atoms with van der Waals surface area (Å²) >= 11 is 0. The van der Waals surface area contributed by atoms with Crippen LogP contribution in [0, 0.1) is 0 Å². The molecule has 0 aromatic carbocycles. The van der Waals surface area contributed by atoms with Crippen LogP contribution < -0.4 is 0 Å². The molecule has 0 amide bonds. The maximum atomic E-state index is 10.7. The van der Waals surface area contributed by atoms with Gasteiger partial charge in [0.15, 0.2) is 6.29 Å². The molecule has 0 bridgehead atoms. The number of ether oxygens (including phenoxy) is 2. The number of nitrogens with zero attached hydrogens (tertiary/aromatic N) is 1. The first-order chi connectivity index (χ1) is 6.10. The third-order valence-electron chi connectivity index (χ3n) is 1.54. The van der Waals surface area contributed by atoms with Gasteiger partial charge in [0, 0.05) is 26.4 Å². The average molecular weight is 187 g/mol. The first kappa shape index (κ1) is 12.3. The standard InChI is InChI=1S/C9H17NO3/c1-7(5-8(2)11)10-6-9(12-3)13-4/h9H,5-6H2,1-4H3. The monoisotopic (exact) mass is 187 g/mol. The van der Waals surface area contributed by atoms with Crippen molar-refractivity contribution < 1.29 is 14.3 Å². The van der Waals surface area contributed by atoms with Gasteiger partial charge in [-0.1, -0.05) is 0 Å². The van der Waals surface area contributed by atoms with Crippen molar-refractivity contribution in [3.8, 4) is 0 Å². The molecule has 4 heteroatoms. The fourth-order valence-electron chi connectivity index (χ4n) is 0.892. The van der Waals surface area contributed by atoms with E-state index in [0.717, 1.165) is 5.71 Å². The molecule has 4 nitrogen and oxygen atoms in total. The van der Waals surface area contributed by atoms with Gasteiger partial charge in [0.2, 0.25) is 0 Å². The highest BCUT2D eigenvalue weighted by Crippen LogP contribution is 1.94. The Kier molecular flexibility index (Phi) is 6.36. The highest BCUT2D eigenvalue weighted by atomic mass is 16.7. The molecule has 0 aromatic heterocycles. The molecule has 0 aliphatic carbocycles. The molecule has 0 N–H and O–H groups in total. The van der Waals surface area contributed by atoms with Crippen LogP contribution in [0.1, 0.15) is 20.3 Å². The number of aliphatic imine (C=N–C) groups is 1. The summed E-state index contributed by atoms with van der Waals surface area (Å²) in [7, 11) is 3.12. The van der Waals surface area contributed by atoms with Crippen molar-refractivity contribution in [3.05, 3.63) is 0 Å². The minimum atomic E-state index is -0.318. The Hall–Kier alpha value is -0.740. The lowest BCUT2D eigenvalue weighted by Crippen LogP contribution is -2.17. The fraction of sp³-hybridized carbons (Fsp3) is 0.778. The zero-order chi connectivity index (χ0) is 10.3. The molecule has 0 aromatic rings. The number of hydrogen-bond donors (Lipinski definition) is 0. The largest absolute Gasteiger partial charge is 0.354 e. The van der Waals surface area contributed by atoms with Crippen LogP contribution in [0.5, 0.6) is 0 Å². The molecule has 0 aliphatic rings. The minimum Gasteiger partial charge on any atom is -0.354 e. The molecule has 0 spiro atoms. The van der Waals surface area contributed by atoms with E-state index >= 15 is 0 Å². The third kappa shape index (κ3) is 6.42. The SMILES string of the molecule is COC(CN=C(C)CC(C)=O)OC. The van der Waals surface area contributed by atoms with E-state index < -0.39 is 0 Å². The molecular formula is C9H17NO3. The summed E-state index contributed by atoms with van der Waals surface area (Å²) in [5.74, 6) is 0.118. The molecule has 0 heterocycles. The quantitative estimate of drug-likeness (QED) is 0.461. The predicted molar refractivity (Wildman–Crippen MR) is 51.1 cm³/mol. The lowest BCUT2D eigenvalue weighted by molar-refractivity contribution is -0.115. The van der Waals surface area contributed by atoms with Crippen LogP contribution in [0.25, 0.3) is 0 Å². The average Bonchev–Trinajstić information content (AvgIpc) is 2.05. The Morgan fingerprint density at radius 1 is 1.31 bits per heavy atom. The Balaban J connectivity index is 3.87. The zero-order valence-electron chi connectivity index (χ0n) is 8.66. The smallest absolute Gasteiger partial charge is 0.176 e. The van der Waals surface area contributed by atoms with Crippen LogP contribution in [0.3, 0.4) is 0 Å². The summed E-state index contributed by atoms with van der Waals surface area (Å²) in [6, 6.07) is 0. The van der Waals surface area contributed by atoms with Gasteiger partial charge in [-0.3, -0.25) is 9.79 Å². The number of ketones is 1. The Morgan fingerprint density at radius 3 is 2.23 bits per heavy atom. The Labute approximate surface area is 78.9 Å². The normalized spacial score (nSPS) is 12.2. The molecule has 0 saturated carbocycles. The van der Waals surface area contributed by atoms with E-state index in [2.05, 4.69) is 4.99 Å². The third-order valence-corrected chi connectivity index (χ3v) is 1.54. The second kappa shape index (κ2) is 6.74. The van der Waals surface area contributed by atoms with Gasteiger partial charge in [0.05, 0.1) is 6.54 Å². The molecule has 0 radical (unpaired) electrons. The number of rotatable bonds is 6. The molecule has 0 rings (SSSR count). The minimum absolute atomic E-state index is 0.118. The lowest BCUT2D eigenvalue weighted by Gasteiger charge is -2.10. The molecule has 0 unspecified atom stereocenters. The van der Waals surface area contributed by atoms with Crippen molar-refractivity contribution in [2.75, 3.05) is 20.8 Å². The van der Waals surface area contributed by atoms with Gasteiger partial charge in [-0.25, -0.2) is 0 Å². The van der Waals surface area contributed by atoms with Gasteiger partial charge >= 0.3 is 0 Å². The maximum Gasteiger partial charge on any atom is 0.176 e. The maximum absolute atomic E-state index is 10.7. The summed E-state index contributed by atoms with van der Waals surface area (Å²) in [4.78, 5) is 14.8. The van der Waals surface area contributed by atoms with E-state index in [9.17, 15) is 4.79 Å². The molecule has 0 atom stereocenters. The van der Waals surface area contributed by atoms with E-state index in [4.69, 9.17) is 9.47 Å². The Bertz CT molecular complexity index is 185. The van der Waals surface area contributed by atoms with Gasteiger partial charge in [-0.2, -0.15) is 0 Å². The van der Waals surface area contributed by atoms with Crippen LogP contribution >= 0.6 is 0 Å². The van der Waals surface area contributed by atoms with E-state index in [0.29, 0.717) is 13.0 Å². The van der Waals surface area contributed by atoms with Crippen molar-refractivity contribution in [1.29, 1.82) is 0 Å². The van der Waals surface area contributed by atoms with Gasteiger partial charge in [0.25, 0.3) is 0 Å². The van der Waals surface area contributed by atoms with E-state index in [1.165, 1.54) is 0 Å². The van der Waals surface area contributed by atoms with Crippen LogP contribution in [-0.4, -0.2) is 38.5 Å². The second-order valence-electron chi connectivity index (χ2n) is 2.86. The molecule has 0 aliphatic heterocycles. The molecule has 76 valence electrons. The van der Waals surface area contributed by atoms with Crippen molar-refractivity contribution in [2.45, 2.75) is 26.6 Å². The highest BCUT2D eigenvalue weighted by molar-refractivity contribution is 5.99. The molecule has 0 fully saturated rings. The molecule has 13 heavy (non-hydrogen) atoms. The van der Waals surface area contributed by atoms with Crippen LogP contribution in [-0.2, 0) is 14.3 Å². The molecular weight excluding hydrogens is 170 g/mol. The zero-order valence-corrected chi connectivity index (χ0v) is 8.66. The number of carbonyl (C=O) groups excluding carboxylic acids is 1. The Morgan fingerprint density at radius 2 is 1.85 bits per heavy atom.